The molecule has 2 aromatic carbocycles. The molecule has 0 aliphatic carbocycles. The van der Waals surface area contributed by atoms with Gasteiger partial charge in [0, 0.05) is 30.8 Å². The Hall–Kier alpha value is -3.50. The Morgan fingerprint density at radius 2 is 2.12 bits per heavy atom. The molecule has 34 heavy (non-hydrogen) atoms. The SMILES string of the molecule is COc1ccc(F)cc1C(=O)NCc1ccc(-c2nn(C3CCCOC3)c(N)c2CN)c(F)c1. The van der Waals surface area contributed by atoms with Gasteiger partial charge in [-0.2, -0.15) is 5.10 Å². The van der Waals surface area contributed by atoms with Crippen LogP contribution in [0.3, 0.4) is 0 Å². The molecule has 0 saturated carbocycles. The smallest absolute Gasteiger partial charge is 0.255 e. The van der Waals surface area contributed by atoms with Crippen molar-refractivity contribution in [3.05, 3.63) is 64.7 Å². The summed E-state index contributed by atoms with van der Waals surface area (Å²) >= 11 is 0. The highest BCUT2D eigenvalue weighted by atomic mass is 19.1. The predicted molar refractivity (Wildman–Crippen MR) is 123 cm³/mol. The number of benzene rings is 2. The van der Waals surface area contributed by atoms with Gasteiger partial charge in [0.15, 0.2) is 0 Å². The molecule has 1 unspecified atom stereocenters. The Bertz CT molecular complexity index is 1190. The summed E-state index contributed by atoms with van der Waals surface area (Å²) in [6, 6.07) is 8.22. The molecule has 1 aliphatic rings. The number of aromatic nitrogens is 2. The molecule has 1 saturated heterocycles. The Kier molecular flexibility index (Phi) is 7.09. The average Bonchev–Trinajstić information content (AvgIpc) is 3.18. The second kappa shape index (κ2) is 10.2. The standard InChI is InChI=1S/C24H27F2N5O3/c1-33-21-7-5-15(25)10-18(21)24(32)29-12-14-4-6-17(20(26)9-14)22-19(11-27)23(28)31(30-22)16-3-2-8-34-13-16/h4-7,9-10,16H,2-3,8,11-13,27-28H2,1H3,(H,29,32). The molecule has 1 aromatic heterocycles. The van der Waals surface area contributed by atoms with Crippen LogP contribution in [-0.2, 0) is 17.8 Å². The number of halogens is 2. The summed E-state index contributed by atoms with van der Waals surface area (Å²) < 4.78 is 41.0. The van der Waals surface area contributed by atoms with Gasteiger partial charge in [-0.3, -0.25) is 4.79 Å². The molecule has 180 valence electrons. The van der Waals surface area contributed by atoms with Crippen LogP contribution in [0, 0.1) is 11.6 Å². The number of anilines is 1. The first kappa shape index (κ1) is 23.7. The molecular formula is C24H27F2N5O3. The van der Waals surface area contributed by atoms with E-state index in [4.69, 9.17) is 20.9 Å². The summed E-state index contributed by atoms with van der Waals surface area (Å²) in [6.45, 7) is 1.34. The third kappa shape index (κ3) is 4.73. The van der Waals surface area contributed by atoms with Gasteiger partial charge >= 0.3 is 0 Å². The summed E-state index contributed by atoms with van der Waals surface area (Å²) in [4.78, 5) is 12.5. The minimum absolute atomic E-state index is 0.0230. The predicted octanol–water partition coefficient (Wildman–Crippen LogP) is 3.16. The summed E-state index contributed by atoms with van der Waals surface area (Å²) in [5, 5.41) is 7.24. The van der Waals surface area contributed by atoms with E-state index in [1.54, 1.807) is 16.8 Å². The fourth-order valence-corrected chi connectivity index (χ4v) is 4.09. The van der Waals surface area contributed by atoms with Gasteiger partial charge in [0.05, 0.1) is 25.3 Å². The maximum absolute atomic E-state index is 15.1. The number of carbonyl (C=O) groups is 1. The average molecular weight is 472 g/mol. The number of nitrogens with two attached hydrogens (primary N) is 2. The fraction of sp³-hybridized carbons (Fsp3) is 0.333. The lowest BCUT2D eigenvalue weighted by molar-refractivity contribution is 0.0558. The normalized spacial score (nSPS) is 15.8. The van der Waals surface area contributed by atoms with Crippen molar-refractivity contribution in [1.29, 1.82) is 0 Å². The number of hydrogen-bond donors (Lipinski definition) is 3. The van der Waals surface area contributed by atoms with E-state index in [9.17, 15) is 9.18 Å². The molecule has 0 spiro atoms. The van der Waals surface area contributed by atoms with Crippen LogP contribution in [-0.4, -0.2) is 36.0 Å². The van der Waals surface area contributed by atoms with Crippen molar-refractivity contribution in [3.63, 3.8) is 0 Å². The molecule has 8 nitrogen and oxygen atoms in total. The van der Waals surface area contributed by atoms with Gasteiger partial charge in [0.2, 0.25) is 0 Å². The van der Waals surface area contributed by atoms with Gasteiger partial charge in [0.25, 0.3) is 5.91 Å². The van der Waals surface area contributed by atoms with Crippen LogP contribution in [0.4, 0.5) is 14.6 Å². The number of nitrogens with zero attached hydrogens (tertiary/aromatic N) is 2. The van der Waals surface area contributed by atoms with E-state index in [1.165, 1.54) is 25.3 Å². The Labute approximate surface area is 195 Å². The molecule has 1 aliphatic heterocycles. The molecule has 2 heterocycles. The highest BCUT2D eigenvalue weighted by Crippen LogP contribution is 2.33. The lowest BCUT2D eigenvalue weighted by Crippen LogP contribution is -2.23. The van der Waals surface area contributed by atoms with Crippen molar-refractivity contribution in [3.8, 4) is 17.0 Å². The van der Waals surface area contributed by atoms with Crippen molar-refractivity contribution in [1.82, 2.24) is 15.1 Å². The molecule has 10 heteroatoms. The number of amides is 1. The maximum Gasteiger partial charge on any atom is 0.255 e. The molecule has 3 aromatic rings. The number of hydrogen-bond acceptors (Lipinski definition) is 6. The zero-order valence-corrected chi connectivity index (χ0v) is 18.8. The number of carbonyl (C=O) groups excluding carboxylic acids is 1. The maximum atomic E-state index is 15.1. The molecule has 1 amide bonds. The lowest BCUT2D eigenvalue weighted by atomic mass is 10.0. The van der Waals surface area contributed by atoms with Crippen molar-refractivity contribution in [2.24, 2.45) is 5.73 Å². The molecular weight excluding hydrogens is 444 g/mol. The fourth-order valence-electron chi connectivity index (χ4n) is 4.09. The van der Waals surface area contributed by atoms with E-state index >= 15 is 4.39 Å². The highest BCUT2D eigenvalue weighted by Gasteiger charge is 2.25. The van der Waals surface area contributed by atoms with E-state index in [-0.39, 0.29) is 36.0 Å². The van der Waals surface area contributed by atoms with Crippen LogP contribution in [0.15, 0.2) is 36.4 Å². The second-order valence-corrected chi connectivity index (χ2v) is 8.07. The van der Waals surface area contributed by atoms with Crippen LogP contribution in [0.1, 0.15) is 40.4 Å². The van der Waals surface area contributed by atoms with Crippen molar-refractivity contribution < 1.29 is 23.0 Å². The Morgan fingerprint density at radius 1 is 1.29 bits per heavy atom. The zero-order chi connectivity index (χ0) is 24.2. The van der Waals surface area contributed by atoms with Gasteiger partial charge < -0.3 is 26.3 Å². The molecule has 1 atom stereocenters. The summed E-state index contributed by atoms with van der Waals surface area (Å²) in [7, 11) is 1.39. The third-order valence-corrected chi connectivity index (χ3v) is 5.88. The van der Waals surface area contributed by atoms with Gasteiger partial charge in [-0.05, 0) is 48.7 Å². The first-order valence-corrected chi connectivity index (χ1v) is 11.0. The molecule has 0 radical (unpaired) electrons. The van der Waals surface area contributed by atoms with Crippen molar-refractivity contribution >= 4 is 11.7 Å². The van der Waals surface area contributed by atoms with Gasteiger partial charge in [-0.25, -0.2) is 13.5 Å². The summed E-state index contributed by atoms with van der Waals surface area (Å²) in [5.41, 5.74) is 14.0. The van der Waals surface area contributed by atoms with Gasteiger partial charge in [-0.1, -0.05) is 6.07 Å². The van der Waals surface area contributed by atoms with E-state index in [0.29, 0.717) is 35.9 Å². The summed E-state index contributed by atoms with van der Waals surface area (Å²) in [6.07, 6.45) is 1.76. The monoisotopic (exact) mass is 471 g/mol. The Morgan fingerprint density at radius 3 is 2.79 bits per heavy atom. The van der Waals surface area contributed by atoms with E-state index in [0.717, 1.165) is 18.9 Å². The number of ether oxygens (including phenoxy) is 2. The van der Waals surface area contributed by atoms with Crippen LogP contribution >= 0.6 is 0 Å². The van der Waals surface area contributed by atoms with Gasteiger partial charge in [0.1, 0.15) is 28.9 Å². The zero-order valence-electron chi connectivity index (χ0n) is 18.8. The van der Waals surface area contributed by atoms with Gasteiger partial charge in [-0.15, -0.1) is 0 Å². The molecule has 1 fully saturated rings. The van der Waals surface area contributed by atoms with Crippen molar-refractivity contribution in [2.45, 2.75) is 32.0 Å². The van der Waals surface area contributed by atoms with E-state index < -0.39 is 17.5 Å². The number of methoxy groups -OCH3 is 1. The summed E-state index contributed by atoms with van der Waals surface area (Å²) in [5.74, 6) is -0.962. The lowest BCUT2D eigenvalue weighted by Gasteiger charge is -2.23. The first-order chi connectivity index (χ1) is 16.4. The molecule has 0 bridgehead atoms. The minimum Gasteiger partial charge on any atom is -0.496 e. The first-order valence-electron chi connectivity index (χ1n) is 11.0. The van der Waals surface area contributed by atoms with Crippen LogP contribution in [0.2, 0.25) is 0 Å². The Balaban J connectivity index is 1.54. The van der Waals surface area contributed by atoms with E-state index in [1.807, 2.05) is 0 Å². The molecule has 4 rings (SSSR count). The number of rotatable bonds is 7. The third-order valence-electron chi connectivity index (χ3n) is 5.88. The van der Waals surface area contributed by atoms with Crippen molar-refractivity contribution in [2.75, 3.05) is 26.1 Å². The second-order valence-electron chi connectivity index (χ2n) is 8.07. The largest absolute Gasteiger partial charge is 0.496 e. The minimum atomic E-state index is -0.560. The van der Waals surface area contributed by atoms with E-state index in [2.05, 4.69) is 10.4 Å². The highest BCUT2D eigenvalue weighted by molar-refractivity contribution is 5.96. The molecule has 5 N–H and O–H groups in total. The van der Waals surface area contributed by atoms with Crippen LogP contribution < -0.4 is 21.5 Å². The van der Waals surface area contributed by atoms with Crippen LogP contribution in [0.5, 0.6) is 5.75 Å². The number of nitrogens with one attached hydrogen (secondary N) is 1. The quantitative estimate of drug-likeness (QED) is 0.487. The topological polar surface area (TPSA) is 117 Å². The van der Waals surface area contributed by atoms with Crippen LogP contribution in [0.25, 0.3) is 11.3 Å². The number of nitrogen functional groups attached to an aromatic ring is 1.